The molecule has 0 saturated carbocycles. The number of carbonyl (C=O) groups excluding carboxylic acids is 3. The van der Waals surface area contributed by atoms with E-state index >= 15 is 0 Å². The van der Waals surface area contributed by atoms with Crippen molar-refractivity contribution in [3.05, 3.63) is 88.1 Å². The predicted molar refractivity (Wildman–Crippen MR) is 165 cm³/mol. The highest BCUT2D eigenvalue weighted by Gasteiger charge is 2.42. The molecule has 0 spiro atoms. The fourth-order valence-corrected chi connectivity index (χ4v) is 6.53. The number of nitrogens with zero attached hydrogens (tertiary/aromatic N) is 3. The number of amides is 1. The monoisotopic (exact) mass is 603 g/mol. The molecule has 1 atom stereocenters. The first-order valence-electron chi connectivity index (χ1n) is 14.7. The molecule has 5 rings (SSSR count). The van der Waals surface area contributed by atoms with Crippen molar-refractivity contribution in [2.75, 3.05) is 26.3 Å². The topological polar surface area (TPSA) is 97.7 Å². The van der Waals surface area contributed by atoms with Crippen LogP contribution in [-0.2, 0) is 30.5 Å². The third-order valence-electron chi connectivity index (χ3n) is 7.72. The first-order valence-corrected chi connectivity index (χ1v) is 15.6. The van der Waals surface area contributed by atoms with E-state index < -0.39 is 12.0 Å². The van der Waals surface area contributed by atoms with Crippen molar-refractivity contribution in [2.45, 2.75) is 52.7 Å². The van der Waals surface area contributed by atoms with Gasteiger partial charge in [0.15, 0.2) is 5.17 Å². The van der Waals surface area contributed by atoms with E-state index in [0.717, 1.165) is 16.8 Å². The number of carbonyl (C=O) groups is 3. The fourth-order valence-electron chi connectivity index (χ4n) is 5.56. The minimum atomic E-state index is -0.546. The van der Waals surface area contributed by atoms with Gasteiger partial charge in [0.25, 0.3) is 0 Å². The molecule has 1 saturated heterocycles. The van der Waals surface area contributed by atoms with Gasteiger partial charge < -0.3 is 24.0 Å². The second kappa shape index (κ2) is 13.9. The molecule has 9 nitrogen and oxygen atoms in total. The van der Waals surface area contributed by atoms with Crippen LogP contribution in [0.2, 0.25) is 0 Å². The summed E-state index contributed by atoms with van der Waals surface area (Å²) in [5.41, 5.74) is 3.66. The zero-order valence-corrected chi connectivity index (χ0v) is 25.6. The standard InChI is InChI=1S/C33H37N3O6S/c1-4-40-31(38)24-14-16-35(17-15-24)28(37)19-26-21-43-33-34-22(3)29(32(39)41-5-2)30(36(26)33)25-12-9-13-27(18-25)42-20-23-10-7-6-8-11-23/h6-13,18,21,24,30H,4-5,14-17,19-20H2,1-3H3. The molecular formula is C33H37N3O6S. The number of fused-ring (bicyclic) bond motifs is 1. The van der Waals surface area contributed by atoms with Gasteiger partial charge >= 0.3 is 11.9 Å². The Morgan fingerprint density at radius 1 is 0.977 bits per heavy atom. The smallest absolute Gasteiger partial charge is 0.338 e. The highest BCUT2D eigenvalue weighted by molar-refractivity contribution is 8.16. The first kappa shape index (κ1) is 30.4. The van der Waals surface area contributed by atoms with Crippen molar-refractivity contribution in [3.8, 4) is 5.75 Å². The van der Waals surface area contributed by atoms with E-state index in [2.05, 4.69) is 0 Å². The first-order chi connectivity index (χ1) is 20.9. The van der Waals surface area contributed by atoms with Crippen LogP contribution in [0.5, 0.6) is 5.75 Å². The molecule has 2 aromatic carbocycles. The molecule has 0 radical (unpaired) electrons. The minimum Gasteiger partial charge on any atom is -0.489 e. The highest BCUT2D eigenvalue weighted by atomic mass is 32.2. The molecule has 2 aromatic rings. The van der Waals surface area contributed by atoms with E-state index in [4.69, 9.17) is 19.2 Å². The van der Waals surface area contributed by atoms with E-state index in [9.17, 15) is 14.4 Å². The summed E-state index contributed by atoms with van der Waals surface area (Å²) < 4.78 is 16.8. The van der Waals surface area contributed by atoms with Crippen molar-refractivity contribution in [3.63, 3.8) is 0 Å². The largest absolute Gasteiger partial charge is 0.489 e. The van der Waals surface area contributed by atoms with Gasteiger partial charge in [-0.05, 0) is 62.3 Å². The number of rotatable bonds is 10. The highest BCUT2D eigenvalue weighted by Crippen LogP contribution is 2.45. The van der Waals surface area contributed by atoms with Crippen LogP contribution < -0.4 is 4.74 Å². The maximum absolute atomic E-state index is 13.5. The van der Waals surface area contributed by atoms with Crippen molar-refractivity contribution in [1.82, 2.24) is 9.80 Å². The van der Waals surface area contributed by atoms with Crippen LogP contribution >= 0.6 is 11.8 Å². The lowest BCUT2D eigenvalue weighted by atomic mass is 9.93. The van der Waals surface area contributed by atoms with Gasteiger partial charge in [-0.15, -0.1) is 0 Å². The Labute approximate surface area is 256 Å². The van der Waals surface area contributed by atoms with Gasteiger partial charge in [-0.1, -0.05) is 54.2 Å². The van der Waals surface area contributed by atoms with Crippen molar-refractivity contribution < 1.29 is 28.6 Å². The summed E-state index contributed by atoms with van der Waals surface area (Å²) in [6.45, 7) is 7.39. The summed E-state index contributed by atoms with van der Waals surface area (Å²) >= 11 is 1.44. The normalized spacial score (nSPS) is 18.5. The number of esters is 2. The maximum Gasteiger partial charge on any atom is 0.338 e. The van der Waals surface area contributed by atoms with Gasteiger partial charge in [-0.3, -0.25) is 9.59 Å². The number of hydrogen-bond donors (Lipinski definition) is 0. The quantitative estimate of drug-likeness (QED) is 0.324. The number of likely N-dealkylation sites (tertiary alicyclic amines) is 1. The molecule has 3 heterocycles. The number of piperidine rings is 1. The average molecular weight is 604 g/mol. The van der Waals surface area contributed by atoms with Gasteiger partial charge in [0.05, 0.1) is 42.9 Å². The van der Waals surface area contributed by atoms with E-state index in [1.165, 1.54) is 11.8 Å². The lowest BCUT2D eigenvalue weighted by molar-refractivity contribution is -0.151. The van der Waals surface area contributed by atoms with Crippen molar-refractivity contribution >= 4 is 34.8 Å². The zero-order chi connectivity index (χ0) is 30.3. The molecule has 0 aliphatic carbocycles. The van der Waals surface area contributed by atoms with E-state index in [1.54, 1.807) is 18.7 Å². The molecule has 0 N–H and O–H groups in total. The number of benzene rings is 2. The number of amidine groups is 1. The molecule has 1 amide bonds. The van der Waals surface area contributed by atoms with E-state index in [1.807, 2.05) is 71.8 Å². The van der Waals surface area contributed by atoms with Crippen LogP contribution in [0.1, 0.15) is 57.2 Å². The van der Waals surface area contributed by atoms with Crippen molar-refractivity contribution in [2.24, 2.45) is 10.9 Å². The molecule has 1 unspecified atom stereocenters. The minimum absolute atomic E-state index is 0.0296. The number of aliphatic imine (C=N–C) groups is 1. The fraction of sp³-hybridized carbons (Fsp3) is 0.394. The van der Waals surface area contributed by atoms with Crippen LogP contribution in [-0.4, -0.2) is 59.1 Å². The average Bonchev–Trinajstić information content (AvgIpc) is 3.41. The lowest BCUT2D eigenvalue weighted by Gasteiger charge is -2.37. The number of ether oxygens (including phenoxy) is 3. The third kappa shape index (κ3) is 6.96. The summed E-state index contributed by atoms with van der Waals surface area (Å²) in [7, 11) is 0. The third-order valence-corrected chi connectivity index (χ3v) is 8.61. The SMILES string of the molecule is CCOC(=O)C1=C(C)N=C2SC=C(CC(=O)N3CCC(C(=O)OCC)CC3)N2C1c1cccc(OCc2ccccc2)c1. The molecule has 3 aliphatic rings. The Hall–Kier alpha value is -4.05. The number of allylic oxidation sites excluding steroid dienone is 1. The molecule has 3 aliphatic heterocycles. The van der Waals surface area contributed by atoms with Crippen LogP contribution in [0.25, 0.3) is 0 Å². The summed E-state index contributed by atoms with van der Waals surface area (Å²) in [5, 5.41) is 2.64. The molecule has 10 heteroatoms. The second-order valence-corrected chi connectivity index (χ2v) is 11.4. The summed E-state index contributed by atoms with van der Waals surface area (Å²) in [6, 6.07) is 17.1. The molecule has 1 fully saturated rings. The maximum atomic E-state index is 13.5. The molecule has 0 aromatic heterocycles. The summed E-state index contributed by atoms with van der Waals surface area (Å²) in [6.07, 6.45) is 1.32. The van der Waals surface area contributed by atoms with Gasteiger partial charge in [0, 0.05) is 18.8 Å². The second-order valence-electron chi connectivity index (χ2n) is 10.5. The Morgan fingerprint density at radius 2 is 1.72 bits per heavy atom. The van der Waals surface area contributed by atoms with Gasteiger partial charge in [-0.25, -0.2) is 9.79 Å². The van der Waals surface area contributed by atoms with Crippen LogP contribution in [0.3, 0.4) is 0 Å². The number of thioether (sulfide) groups is 1. The summed E-state index contributed by atoms with van der Waals surface area (Å²) in [5.74, 6) is -0.161. The Morgan fingerprint density at radius 3 is 2.44 bits per heavy atom. The van der Waals surface area contributed by atoms with Gasteiger partial charge in [-0.2, -0.15) is 0 Å². The molecule has 226 valence electrons. The van der Waals surface area contributed by atoms with E-state index in [0.29, 0.717) is 61.3 Å². The molecular weight excluding hydrogens is 566 g/mol. The predicted octanol–water partition coefficient (Wildman–Crippen LogP) is 5.60. The Balaban J connectivity index is 1.38. The number of hydrogen-bond acceptors (Lipinski definition) is 9. The van der Waals surface area contributed by atoms with Crippen molar-refractivity contribution in [1.29, 1.82) is 0 Å². The van der Waals surface area contributed by atoms with Gasteiger partial charge in [0.2, 0.25) is 5.91 Å². The van der Waals surface area contributed by atoms with Gasteiger partial charge in [0.1, 0.15) is 12.4 Å². The van der Waals surface area contributed by atoms with Crippen LogP contribution in [0.15, 0.2) is 82.0 Å². The van der Waals surface area contributed by atoms with Crippen LogP contribution in [0, 0.1) is 5.92 Å². The summed E-state index contributed by atoms with van der Waals surface area (Å²) in [4.78, 5) is 47.5. The molecule has 0 bridgehead atoms. The Bertz CT molecular complexity index is 1450. The zero-order valence-electron chi connectivity index (χ0n) is 24.8. The molecule has 43 heavy (non-hydrogen) atoms. The van der Waals surface area contributed by atoms with E-state index in [-0.39, 0.29) is 30.8 Å². The lowest BCUT2D eigenvalue weighted by Crippen LogP contribution is -2.42. The Kier molecular flexibility index (Phi) is 9.86. The van der Waals surface area contributed by atoms with Crippen LogP contribution in [0.4, 0.5) is 0 Å².